The van der Waals surface area contributed by atoms with Crippen molar-refractivity contribution in [2.75, 3.05) is 17.7 Å². The average Bonchev–Trinajstić information content (AvgIpc) is 2.79. The van der Waals surface area contributed by atoms with E-state index in [0.717, 1.165) is 36.0 Å². The molecule has 0 saturated heterocycles. The van der Waals surface area contributed by atoms with Gasteiger partial charge in [0.1, 0.15) is 5.75 Å². The van der Waals surface area contributed by atoms with Gasteiger partial charge in [0.2, 0.25) is 0 Å². The Bertz CT molecular complexity index is 1170. The molecule has 0 fully saturated rings. The molecule has 0 saturated carbocycles. The molecule has 4 rings (SSSR count). The standard InChI is InChI=1S/C27H28N2O4/c1-17-3-12-25(33-2)24(13-17)29-27(32)28-23-10-8-19(9-11-23)21-7-6-20-14-18(15-26(30)31)4-5-22(20)16-21/h3,6-13,16,18H,4-5,14-15H2,1-2H3,(H,30,31)(H2,28,29,32). The largest absolute Gasteiger partial charge is 0.495 e. The van der Waals surface area contributed by atoms with E-state index < -0.39 is 5.97 Å². The first-order valence-electron chi connectivity index (χ1n) is 11.1. The van der Waals surface area contributed by atoms with Gasteiger partial charge in [0, 0.05) is 12.1 Å². The third-order valence-electron chi connectivity index (χ3n) is 6.08. The summed E-state index contributed by atoms with van der Waals surface area (Å²) in [5.41, 5.74) is 7.06. The number of ether oxygens (including phenoxy) is 1. The minimum absolute atomic E-state index is 0.220. The number of carboxylic acid groups (broad SMARTS) is 1. The Labute approximate surface area is 193 Å². The summed E-state index contributed by atoms with van der Waals surface area (Å²) >= 11 is 0. The molecule has 1 aliphatic rings. The zero-order valence-corrected chi connectivity index (χ0v) is 18.9. The molecule has 0 aliphatic heterocycles. The number of carboxylic acids is 1. The molecule has 3 aromatic rings. The highest BCUT2D eigenvalue weighted by molar-refractivity contribution is 6.00. The van der Waals surface area contributed by atoms with Gasteiger partial charge in [-0.2, -0.15) is 0 Å². The van der Waals surface area contributed by atoms with Gasteiger partial charge in [0.05, 0.1) is 12.8 Å². The summed E-state index contributed by atoms with van der Waals surface area (Å²) in [5.74, 6) is 0.102. The molecule has 0 heterocycles. The van der Waals surface area contributed by atoms with Gasteiger partial charge in [-0.05, 0) is 84.2 Å². The van der Waals surface area contributed by atoms with Crippen LogP contribution in [0.1, 0.15) is 29.5 Å². The van der Waals surface area contributed by atoms with E-state index in [2.05, 4.69) is 28.8 Å². The predicted molar refractivity (Wildman–Crippen MR) is 130 cm³/mol. The highest BCUT2D eigenvalue weighted by Crippen LogP contribution is 2.32. The Kier molecular flexibility index (Phi) is 6.63. The van der Waals surface area contributed by atoms with Crippen molar-refractivity contribution in [3.8, 4) is 16.9 Å². The van der Waals surface area contributed by atoms with Gasteiger partial charge < -0.3 is 20.5 Å². The minimum atomic E-state index is -0.722. The first kappa shape index (κ1) is 22.4. The molecule has 3 aromatic carbocycles. The number of amides is 2. The van der Waals surface area contributed by atoms with Crippen LogP contribution in [0.25, 0.3) is 11.1 Å². The van der Waals surface area contributed by atoms with Gasteiger partial charge in [-0.3, -0.25) is 4.79 Å². The molecular weight excluding hydrogens is 416 g/mol. The zero-order chi connectivity index (χ0) is 23.4. The van der Waals surface area contributed by atoms with Crippen LogP contribution in [0.15, 0.2) is 60.7 Å². The van der Waals surface area contributed by atoms with Gasteiger partial charge in [-0.25, -0.2) is 4.79 Å². The maximum absolute atomic E-state index is 12.5. The van der Waals surface area contributed by atoms with Gasteiger partial charge >= 0.3 is 12.0 Å². The number of aryl methyl sites for hydroxylation is 2. The summed E-state index contributed by atoms with van der Waals surface area (Å²) in [4.78, 5) is 23.5. The molecule has 0 bridgehead atoms. The number of benzene rings is 3. The maximum Gasteiger partial charge on any atom is 0.323 e. The summed E-state index contributed by atoms with van der Waals surface area (Å²) in [5, 5.41) is 14.7. The summed E-state index contributed by atoms with van der Waals surface area (Å²) in [6, 6.07) is 19.4. The van der Waals surface area contributed by atoms with Crippen molar-refractivity contribution in [2.24, 2.45) is 5.92 Å². The van der Waals surface area contributed by atoms with Crippen molar-refractivity contribution in [3.63, 3.8) is 0 Å². The quantitative estimate of drug-likeness (QED) is 0.442. The number of rotatable bonds is 6. The SMILES string of the molecule is COc1ccc(C)cc1NC(=O)Nc1ccc(-c2ccc3c(c2)CCC(CC(=O)O)C3)cc1. The van der Waals surface area contributed by atoms with E-state index in [4.69, 9.17) is 9.84 Å². The molecule has 3 N–H and O–H groups in total. The third kappa shape index (κ3) is 5.52. The molecule has 1 aliphatic carbocycles. The lowest BCUT2D eigenvalue weighted by Gasteiger charge is -2.24. The van der Waals surface area contributed by atoms with E-state index in [1.165, 1.54) is 11.1 Å². The summed E-state index contributed by atoms with van der Waals surface area (Å²) < 4.78 is 5.31. The minimum Gasteiger partial charge on any atom is -0.495 e. The van der Waals surface area contributed by atoms with Crippen molar-refractivity contribution < 1.29 is 19.4 Å². The van der Waals surface area contributed by atoms with Crippen LogP contribution in [0.4, 0.5) is 16.2 Å². The van der Waals surface area contributed by atoms with Gasteiger partial charge in [0.15, 0.2) is 0 Å². The lowest BCUT2D eigenvalue weighted by molar-refractivity contribution is -0.138. The second kappa shape index (κ2) is 9.77. The second-order valence-electron chi connectivity index (χ2n) is 8.55. The van der Waals surface area contributed by atoms with Gasteiger partial charge in [-0.1, -0.05) is 36.4 Å². The zero-order valence-electron chi connectivity index (χ0n) is 18.9. The highest BCUT2D eigenvalue weighted by Gasteiger charge is 2.21. The van der Waals surface area contributed by atoms with Crippen LogP contribution in [0, 0.1) is 12.8 Å². The van der Waals surface area contributed by atoms with Crippen LogP contribution >= 0.6 is 0 Å². The average molecular weight is 445 g/mol. The van der Waals surface area contributed by atoms with Gasteiger partial charge in [0.25, 0.3) is 0 Å². The predicted octanol–water partition coefficient (Wildman–Crippen LogP) is 5.89. The van der Waals surface area contributed by atoms with Crippen molar-refractivity contribution in [2.45, 2.75) is 32.6 Å². The number of carbonyl (C=O) groups is 2. The maximum atomic E-state index is 12.5. The number of hydrogen-bond acceptors (Lipinski definition) is 3. The van der Waals surface area contributed by atoms with E-state index in [0.29, 0.717) is 17.1 Å². The van der Waals surface area contributed by atoms with E-state index in [1.54, 1.807) is 7.11 Å². The van der Waals surface area contributed by atoms with Crippen LogP contribution in [-0.2, 0) is 17.6 Å². The molecule has 33 heavy (non-hydrogen) atoms. The van der Waals surface area contributed by atoms with Crippen LogP contribution in [0.5, 0.6) is 5.75 Å². The second-order valence-corrected chi connectivity index (χ2v) is 8.55. The number of nitrogens with one attached hydrogen (secondary N) is 2. The fourth-order valence-electron chi connectivity index (χ4n) is 4.38. The molecule has 1 unspecified atom stereocenters. The van der Waals surface area contributed by atoms with Crippen LogP contribution < -0.4 is 15.4 Å². The fraction of sp³-hybridized carbons (Fsp3) is 0.259. The number of methoxy groups -OCH3 is 1. The molecule has 0 spiro atoms. The summed E-state index contributed by atoms with van der Waals surface area (Å²) in [6.07, 6.45) is 2.88. The molecule has 0 radical (unpaired) electrons. The van der Waals surface area contributed by atoms with Crippen LogP contribution in [0.3, 0.4) is 0 Å². The molecule has 6 heteroatoms. The smallest absolute Gasteiger partial charge is 0.323 e. The number of carbonyl (C=O) groups excluding carboxylic acids is 1. The lowest BCUT2D eigenvalue weighted by atomic mass is 9.81. The fourth-order valence-corrected chi connectivity index (χ4v) is 4.38. The summed E-state index contributed by atoms with van der Waals surface area (Å²) in [7, 11) is 1.57. The Morgan fingerprint density at radius 2 is 1.73 bits per heavy atom. The molecule has 0 aromatic heterocycles. The Morgan fingerprint density at radius 1 is 0.970 bits per heavy atom. The van der Waals surface area contributed by atoms with Crippen LogP contribution in [0.2, 0.25) is 0 Å². The monoisotopic (exact) mass is 444 g/mol. The summed E-state index contributed by atoms with van der Waals surface area (Å²) in [6.45, 7) is 1.95. The van der Waals surface area contributed by atoms with E-state index in [1.807, 2.05) is 49.4 Å². The molecule has 6 nitrogen and oxygen atoms in total. The third-order valence-corrected chi connectivity index (χ3v) is 6.08. The Hall–Kier alpha value is -3.80. The van der Waals surface area contributed by atoms with E-state index in [-0.39, 0.29) is 18.4 Å². The Balaban J connectivity index is 1.41. The first-order valence-corrected chi connectivity index (χ1v) is 11.1. The molecule has 2 amide bonds. The molecule has 170 valence electrons. The number of anilines is 2. The normalized spacial score (nSPS) is 14.8. The van der Waals surface area contributed by atoms with E-state index >= 15 is 0 Å². The Morgan fingerprint density at radius 3 is 2.45 bits per heavy atom. The lowest BCUT2D eigenvalue weighted by Crippen LogP contribution is -2.19. The first-order chi connectivity index (χ1) is 15.9. The van der Waals surface area contributed by atoms with Crippen molar-refractivity contribution >= 4 is 23.4 Å². The van der Waals surface area contributed by atoms with Crippen molar-refractivity contribution in [1.29, 1.82) is 0 Å². The highest BCUT2D eigenvalue weighted by atomic mass is 16.5. The van der Waals surface area contributed by atoms with Crippen LogP contribution in [-0.4, -0.2) is 24.2 Å². The topological polar surface area (TPSA) is 87.7 Å². The van der Waals surface area contributed by atoms with Crippen molar-refractivity contribution in [3.05, 3.63) is 77.4 Å². The number of fused-ring (bicyclic) bond motifs is 1. The number of aliphatic carboxylic acids is 1. The van der Waals surface area contributed by atoms with E-state index in [9.17, 15) is 9.59 Å². The number of urea groups is 1. The van der Waals surface area contributed by atoms with Gasteiger partial charge in [-0.15, -0.1) is 0 Å². The van der Waals surface area contributed by atoms with Crippen molar-refractivity contribution in [1.82, 2.24) is 0 Å². The molecular formula is C27H28N2O4. The number of hydrogen-bond donors (Lipinski definition) is 3. The molecule has 1 atom stereocenters.